The lowest BCUT2D eigenvalue weighted by atomic mass is 10.0. The average Bonchev–Trinajstić information content (AvgIpc) is 3.42. The molecule has 6 nitrogen and oxygen atoms in total. The van der Waals surface area contributed by atoms with E-state index in [9.17, 15) is 14.4 Å². The highest BCUT2D eigenvalue weighted by molar-refractivity contribution is 5.71. The van der Waals surface area contributed by atoms with Crippen LogP contribution in [-0.4, -0.2) is 37.2 Å². The van der Waals surface area contributed by atoms with E-state index in [1.807, 2.05) is 0 Å². The van der Waals surface area contributed by atoms with Crippen molar-refractivity contribution in [2.45, 2.75) is 341 Å². The van der Waals surface area contributed by atoms with Crippen molar-refractivity contribution in [2.75, 3.05) is 13.2 Å². The van der Waals surface area contributed by atoms with Crippen molar-refractivity contribution in [1.29, 1.82) is 0 Å². The van der Waals surface area contributed by atoms with Crippen LogP contribution >= 0.6 is 0 Å². The molecule has 0 amide bonds. The molecule has 0 aromatic heterocycles. The van der Waals surface area contributed by atoms with Gasteiger partial charge in [0.15, 0.2) is 6.10 Å². The number of carbonyl (C=O) groups excluding carboxylic acids is 3. The molecule has 440 valence electrons. The first-order valence-corrected chi connectivity index (χ1v) is 32.9. The molecule has 0 radical (unpaired) electrons. The molecule has 0 spiro atoms. The van der Waals surface area contributed by atoms with Gasteiger partial charge in [-0.1, -0.05) is 280 Å². The van der Waals surface area contributed by atoms with E-state index in [0.29, 0.717) is 19.3 Å². The van der Waals surface area contributed by atoms with Crippen LogP contribution in [0.25, 0.3) is 0 Å². The smallest absolute Gasteiger partial charge is 0.306 e. The Bertz CT molecular complexity index is 1400. The number of hydrogen-bond acceptors (Lipinski definition) is 6. The molecule has 0 N–H and O–H groups in total. The van der Waals surface area contributed by atoms with Crippen molar-refractivity contribution in [2.24, 2.45) is 0 Å². The van der Waals surface area contributed by atoms with E-state index in [1.165, 1.54) is 212 Å². The summed E-state index contributed by atoms with van der Waals surface area (Å²) in [6.45, 7) is 6.53. The SMILES string of the molecule is CC/C=C\C/C=C\C/C=C\C/C=C\CCCCC(=O)OCC(COC(=O)CCCCCCCCCCCCCCC/C=C\CCCCCCCCCC)OC(=O)CCCCCCCCC/C=C\CCCCCCCCC. The molecule has 0 aromatic rings. The van der Waals surface area contributed by atoms with Crippen molar-refractivity contribution in [3.8, 4) is 0 Å². The Balaban J connectivity index is 4.33. The minimum absolute atomic E-state index is 0.0885. The van der Waals surface area contributed by atoms with Crippen LogP contribution in [-0.2, 0) is 28.6 Å². The molecule has 6 heteroatoms. The maximum Gasteiger partial charge on any atom is 0.306 e. The molecule has 0 fully saturated rings. The molecule has 0 aromatic carbocycles. The lowest BCUT2D eigenvalue weighted by molar-refractivity contribution is -0.167. The van der Waals surface area contributed by atoms with E-state index in [2.05, 4.69) is 93.7 Å². The van der Waals surface area contributed by atoms with Gasteiger partial charge in [-0.25, -0.2) is 0 Å². The lowest BCUT2D eigenvalue weighted by Crippen LogP contribution is -2.30. The minimum Gasteiger partial charge on any atom is -0.462 e. The van der Waals surface area contributed by atoms with Gasteiger partial charge < -0.3 is 14.2 Å². The minimum atomic E-state index is -0.795. The van der Waals surface area contributed by atoms with Gasteiger partial charge in [0, 0.05) is 19.3 Å². The maximum atomic E-state index is 12.9. The topological polar surface area (TPSA) is 78.9 Å². The fourth-order valence-corrected chi connectivity index (χ4v) is 9.48. The average molecular weight is 1060 g/mol. The van der Waals surface area contributed by atoms with Crippen LogP contribution in [0.4, 0.5) is 0 Å². The molecule has 0 rings (SSSR count). The maximum absolute atomic E-state index is 12.9. The molecular weight excluding hydrogens is 937 g/mol. The number of unbranched alkanes of at least 4 members (excludes halogenated alkanes) is 37. The fourth-order valence-electron chi connectivity index (χ4n) is 9.48. The third-order valence-corrected chi connectivity index (χ3v) is 14.4. The molecule has 0 aliphatic carbocycles. The van der Waals surface area contributed by atoms with E-state index in [0.717, 1.165) is 83.5 Å². The standard InChI is InChI=1S/C70H124O6/c1-4-7-10-13-16-19-22-25-28-30-32-33-34-35-36-37-38-40-42-45-48-51-54-57-60-63-69(72)75-66-67(65-74-68(71)62-59-56-53-50-47-44-41-27-24-21-18-15-12-9-6-3)76-70(73)64-61-58-55-52-49-46-43-39-31-29-26-23-20-17-14-11-8-5-2/h9,12,18,21,27,29-32,41,47,50,67H,4-8,10-11,13-17,19-20,22-26,28,33-40,42-46,48-49,51-66H2,1-3H3/b12-9-,21-18-,31-29-,32-30-,41-27-,50-47-. The molecule has 0 saturated heterocycles. The first-order chi connectivity index (χ1) is 37.5. The Morgan fingerprint density at radius 2 is 0.513 bits per heavy atom. The first kappa shape index (κ1) is 72.8. The Hall–Kier alpha value is -3.15. The van der Waals surface area contributed by atoms with E-state index < -0.39 is 6.10 Å². The highest BCUT2D eigenvalue weighted by Gasteiger charge is 2.19. The van der Waals surface area contributed by atoms with Crippen LogP contribution in [0.2, 0.25) is 0 Å². The van der Waals surface area contributed by atoms with Gasteiger partial charge in [0.2, 0.25) is 0 Å². The highest BCUT2D eigenvalue weighted by atomic mass is 16.6. The molecule has 1 atom stereocenters. The van der Waals surface area contributed by atoms with Crippen LogP contribution in [0.3, 0.4) is 0 Å². The third-order valence-electron chi connectivity index (χ3n) is 14.4. The number of carbonyl (C=O) groups is 3. The van der Waals surface area contributed by atoms with Crippen LogP contribution in [0.1, 0.15) is 335 Å². The third kappa shape index (κ3) is 61.7. The first-order valence-electron chi connectivity index (χ1n) is 32.9. The van der Waals surface area contributed by atoms with E-state index in [4.69, 9.17) is 14.2 Å². The van der Waals surface area contributed by atoms with Crippen LogP contribution in [0.15, 0.2) is 72.9 Å². The molecule has 76 heavy (non-hydrogen) atoms. The summed E-state index contributed by atoms with van der Waals surface area (Å²) in [6.07, 6.45) is 83.5. The van der Waals surface area contributed by atoms with Gasteiger partial charge in [0.25, 0.3) is 0 Å². The van der Waals surface area contributed by atoms with E-state index >= 15 is 0 Å². The van der Waals surface area contributed by atoms with Gasteiger partial charge in [0.1, 0.15) is 13.2 Å². The predicted molar refractivity (Wildman–Crippen MR) is 330 cm³/mol. The van der Waals surface area contributed by atoms with Crippen LogP contribution in [0, 0.1) is 0 Å². The lowest BCUT2D eigenvalue weighted by Gasteiger charge is -2.18. The molecule has 0 heterocycles. The fraction of sp³-hybridized carbons (Fsp3) is 0.786. The van der Waals surface area contributed by atoms with Crippen LogP contribution < -0.4 is 0 Å². The molecule has 0 aliphatic heterocycles. The summed E-state index contributed by atoms with van der Waals surface area (Å²) >= 11 is 0. The van der Waals surface area contributed by atoms with Crippen molar-refractivity contribution >= 4 is 17.9 Å². The molecule has 0 bridgehead atoms. The Morgan fingerprint density at radius 3 is 0.842 bits per heavy atom. The second-order valence-electron chi connectivity index (χ2n) is 22.0. The van der Waals surface area contributed by atoms with Crippen molar-refractivity contribution in [3.05, 3.63) is 72.9 Å². The zero-order valence-corrected chi connectivity index (χ0v) is 50.5. The number of ether oxygens (including phenoxy) is 3. The summed E-state index contributed by atoms with van der Waals surface area (Å²) in [5.74, 6) is -0.921. The van der Waals surface area contributed by atoms with Gasteiger partial charge in [-0.05, 0) is 109 Å². The van der Waals surface area contributed by atoms with Gasteiger partial charge in [0.05, 0.1) is 0 Å². The predicted octanol–water partition coefficient (Wildman–Crippen LogP) is 22.5. The molecule has 0 saturated carbocycles. The second-order valence-corrected chi connectivity index (χ2v) is 22.0. The van der Waals surface area contributed by atoms with Gasteiger partial charge in [-0.15, -0.1) is 0 Å². The monoisotopic (exact) mass is 1060 g/mol. The zero-order chi connectivity index (χ0) is 55.0. The normalized spacial score (nSPS) is 12.5. The van der Waals surface area contributed by atoms with Crippen molar-refractivity contribution < 1.29 is 28.6 Å². The molecule has 1 unspecified atom stereocenters. The summed E-state index contributed by atoms with van der Waals surface area (Å²) in [7, 11) is 0. The molecular formula is C70H124O6. The van der Waals surface area contributed by atoms with Gasteiger partial charge >= 0.3 is 17.9 Å². The number of rotatable bonds is 60. The Kier molecular flexibility index (Phi) is 61.7. The summed E-state index contributed by atoms with van der Waals surface area (Å²) in [4.78, 5) is 38.3. The Labute approximate surface area is 472 Å². The number of allylic oxidation sites excluding steroid dienone is 12. The van der Waals surface area contributed by atoms with Crippen LogP contribution in [0.5, 0.6) is 0 Å². The highest BCUT2D eigenvalue weighted by Crippen LogP contribution is 2.17. The summed E-state index contributed by atoms with van der Waals surface area (Å²) < 4.78 is 16.9. The number of esters is 3. The van der Waals surface area contributed by atoms with E-state index in [1.54, 1.807) is 0 Å². The summed E-state index contributed by atoms with van der Waals surface area (Å²) in [5, 5.41) is 0. The largest absolute Gasteiger partial charge is 0.462 e. The zero-order valence-electron chi connectivity index (χ0n) is 50.5. The second kappa shape index (κ2) is 64.4. The number of hydrogen-bond donors (Lipinski definition) is 0. The van der Waals surface area contributed by atoms with Gasteiger partial charge in [-0.2, -0.15) is 0 Å². The summed E-state index contributed by atoms with van der Waals surface area (Å²) in [5.41, 5.74) is 0. The van der Waals surface area contributed by atoms with Crippen molar-refractivity contribution in [3.63, 3.8) is 0 Å². The summed E-state index contributed by atoms with van der Waals surface area (Å²) in [6, 6.07) is 0. The Morgan fingerprint density at radius 1 is 0.276 bits per heavy atom. The quantitative estimate of drug-likeness (QED) is 0.0261. The van der Waals surface area contributed by atoms with Crippen molar-refractivity contribution in [1.82, 2.24) is 0 Å². The van der Waals surface area contributed by atoms with Gasteiger partial charge in [-0.3, -0.25) is 14.4 Å². The van der Waals surface area contributed by atoms with E-state index in [-0.39, 0.29) is 31.1 Å². The molecule has 0 aliphatic rings.